The van der Waals surface area contributed by atoms with Crippen LogP contribution in [0.4, 0.5) is 4.39 Å². The molecular weight excluding hydrogens is 259 g/mol. The molecule has 4 heteroatoms. The first kappa shape index (κ1) is 12.8. The molecule has 1 aromatic carbocycles. The number of rotatable bonds is 3. The summed E-state index contributed by atoms with van der Waals surface area (Å²) in [6.45, 7) is 4.18. The molecule has 1 aliphatic rings. The summed E-state index contributed by atoms with van der Waals surface area (Å²) < 4.78 is 13.7. The highest BCUT2D eigenvalue weighted by molar-refractivity contribution is 7.11. The molecule has 100 valence electrons. The Morgan fingerprint density at radius 2 is 2.32 bits per heavy atom. The quantitative estimate of drug-likeness (QED) is 0.918. The summed E-state index contributed by atoms with van der Waals surface area (Å²) in [5.74, 6) is -0.0699. The first-order valence-electron chi connectivity index (χ1n) is 6.61. The molecule has 1 aromatic heterocycles. The minimum absolute atomic E-state index is 0.0699. The van der Waals surface area contributed by atoms with Crippen LogP contribution in [-0.4, -0.2) is 4.98 Å². The Bertz CT molecular complexity index is 594. The first-order valence-corrected chi connectivity index (χ1v) is 7.42. The third-order valence-corrected chi connectivity index (χ3v) is 4.77. The van der Waals surface area contributed by atoms with Gasteiger partial charge in [0.2, 0.25) is 0 Å². The van der Waals surface area contributed by atoms with E-state index in [1.807, 2.05) is 12.3 Å². The van der Waals surface area contributed by atoms with Gasteiger partial charge in [-0.25, -0.2) is 9.37 Å². The van der Waals surface area contributed by atoms with Crippen LogP contribution in [0, 0.1) is 12.7 Å². The highest BCUT2D eigenvalue weighted by atomic mass is 32.1. The lowest BCUT2D eigenvalue weighted by atomic mass is 10.1. The van der Waals surface area contributed by atoms with Gasteiger partial charge in [-0.15, -0.1) is 11.3 Å². The van der Waals surface area contributed by atoms with Crippen molar-refractivity contribution in [2.45, 2.75) is 38.8 Å². The molecule has 0 spiro atoms. The summed E-state index contributed by atoms with van der Waals surface area (Å²) in [4.78, 5) is 5.64. The number of thiazole rings is 1. The zero-order chi connectivity index (χ0) is 13.4. The van der Waals surface area contributed by atoms with E-state index in [9.17, 15) is 4.39 Å². The van der Waals surface area contributed by atoms with Gasteiger partial charge in [0, 0.05) is 17.1 Å². The van der Waals surface area contributed by atoms with Gasteiger partial charge in [-0.2, -0.15) is 0 Å². The van der Waals surface area contributed by atoms with Gasteiger partial charge >= 0.3 is 0 Å². The molecule has 0 saturated heterocycles. The second-order valence-electron chi connectivity index (χ2n) is 5.10. The molecule has 1 aliphatic carbocycles. The number of hydrogen-bond donors (Lipinski definition) is 1. The SMILES string of the molecule is Cc1cnc(C(C)NC2CCc3c(F)cccc32)s1. The van der Waals surface area contributed by atoms with Crippen LogP contribution in [0.15, 0.2) is 24.4 Å². The zero-order valence-corrected chi connectivity index (χ0v) is 11.9. The van der Waals surface area contributed by atoms with E-state index in [4.69, 9.17) is 0 Å². The molecule has 2 unspecified atom stereocenters. The third-order valence-electron chi connectivity index (χ3n) is 3.67. The second kappa shape index (κ2) is 5.02. The van der Waals surface area contributed by atoms with Crippen LogP contribution >= 0.6 is 11.3 Å². The van der Waals surface area contributed by atoms with E-state index in [1.165, 1.54) is 4.88 Å². The molecule has 0 amide bonds. The van der Waals surface area contributed by atoms with E-state index in [-0.39, 0.29) is 17.9 Å². The van der Waals surface area contributed by atoms with Crippen molar-refractivity contribution in [3.63, 3.8) is 0 Å². The molecule has 0 aliphatic heterocycles. The minimum Gasteiger partial charge on any atom is -0.301 e. The summed E-state index contributed by atoms with van der Waals surface area (Å²) in [5, 5.41) is 4.67. The predicted octanol–water partition coefficient (Wildman–Crippen LogP) is 3.93. The summed E-state index contributed by atoms with van der Waals surface area (Å²) in [6, 6.07) is 5.83. The molecule has 1 N–H and O–H groups in total. The lowest BCUT2D eigenvalue weighted by Crippen LogP contribution is -2.22. The molecule has 19 heavy (non-hydrogen) atoms. The Kier molecular flexibility index (Phi) is 3.37. The van der Waals surface area contributed by atoms with Crippen LogP contribution in [0.3, 0.4) is 0 Å². The van der Waals surface area contributed by atoms with Crippen LogP contribution in [0.25, 0.3) is 0 Å². The number of hydrogen-bond acceptors (Lipinski definition) is 3. The van der Waals surface area contributed by atoms with Crippen molar-refractivity contribution in [1.82, 2.24) is 10.3 Å². The Hall–Kier alpha value is -1.26. The zero-order valence-electron chi connectivity index (χ0n) is 11.1. The van der Waals surface area contributed by atoms with E-state index in [0.29, 0.717) is 0 Å². The molecule has 0 saturated carbocycles. The number of nitrogens with one attached hydrogen (secondary N) is 1. The summed E-state index contributed by atoms with van der Waals surface area (Å²) >= 11 is 1.72. The maximum atomic E-state index is 13.7. The first-order chi connectivity index (χ1) is 9.15. The maximum absolute atomic E-state index is 13.7. The summed E-state index contributed by atoms with van der Waals surface area (Å²) in [6.07, 6.45) is 3.69. The van der Waals surface area contributed by atoms with Crippen molar-refractivity contribution < 1.29 is 4.39 Å². The lowest BCUT2D eigenvalue weighted by Gasteiger charge is -2.18. The third kappa shape index (κ3) is 2.42. The van der Waals surface area contributed by atoms with Crippen molar-refractivity contribution in [3.05, 3.63) is 51.2 Å². The standard InChI is InChI=1S/C15H17FN2S/c1-9-8-17-15(19-9)10(2)18-14-7-6-11-12(14)4-3-5-13(11)16/h3-5,8,10,14,18H,6-7H2,1-2H3. The van der Waals surface area contributed by atoms with Crippen LogP contribution in [0.2, 0.25) is 0 Å². The number of halogens is 1. The van der Waals surface area contributed by atoms with Gasteiger partial charge in [-0.1, -0.05) is 12.1 Å². The van der Waals surface area contributed by atoms with Crippen molar-refractivity contribution in [1.29, 1.82) is 0 Å². The minimum atomic E-state index is -0.0699. The molecular formula is C15H17FN2S. The largest absolute Gasteiger partial charge is 0.301 e. The van der Waals surface area contributed by atoms with Gasteiger partial charge in [0.1, 0.15) is 10.8 Å². The fourth-order valence-electron chi connectivity index (χ4n) is 2.73. The topological polar surface area (TPSA) is 24.9 Å². The maximum Gasteiger partial charge on any atom is 0.126 e. The van der Waals surface area contributed by atoms with Crippen molar-refractivity contribution in [2.24, 2.45) is 0 Å². The molecule has 0 radical (unpaired) electrons. The molecule has 2 aromatic rings. The van der Waals surface area contributed by atoms with Crippen LogP contribution < -0.4 is 5.32 Å². The predicted molar refractivity (Wildman–Crippen MR) is 75.9 cm³/mol. The number of fused-ring (bicyclic) bond motifs is 1. The molecule has 2 atom stereocenters. The van der Waals surface area contributed by atoms with Gasteiger partial charge in [0.05, 0.1) is 6.04 Å². The number of aromatic nitrogens is 1. The van der Waals surface area contributed by atoms with E-state index in [0.717, 1.165) is 29.0 Å². The van der Waals surface area contributed by atoms with E-state index in [2.05, 4.69) is 24.1 Å². The Balaban J connectivity index is 1.78. The monoisotopic (exact) mass is 276 g/mol. The Morgan fingerprint density at radius 1 is 1.47 bits per heavy atom. The molecule has 3 rings (SSSR count). The average molecular weight is 276 g/mol. The van der Waals surface area contributed by atoms with Crippen LogP contribution in [0.5, 0.6) is 0 Å². The van der Waals surface area contributed by atoms with Gasteiger partial charge in [-0.3, -0.25) is 0 Å². The number of nitrogens with zero attached hydrogens (tertiary/aromatic N) is 1. The fraction of sp³-hybridized carbons (Fsp3) is 0.400. The normalized spacial score (nSPS) is 19.4. The van der Waals surface area contributed by atoms with Crippen LogP contribution in [0.1, 0.15) is 46.4 Å². The number of aryl methyl sites for hydroxylation is 1. The van der Waals surface area contributed by atoms with Gasteiger partial charge in [0.15, 0.2) is 0 Å². The van der Waals surface area contributed by atoms with E-state index >= 15 is 0 Å². The lowest BCUT2D eigenvalue weighted by molar-refractivity contribution is 0.464. The highest BCUT2D eigenvalue weighted by Gasteiger charge is 2.26. The van der Waals surface area contributed by atoms with Crippen molar-refractivity contribution >= 4 is 11.3 Å². The second-order valence-corrected chi connectivity index (χ2v) is 6.36. The molecule has 2 nitrogen and oxygen atoms in total. The van der Waals surface area contributed by atoms with Crippen molar-refractivity contribution in [2.75, 3.05) is 0 Å². The van der Waals surface area contributed by atoms with E-state index < -0.39 is 0 Å². The summed E-state index contributed by atoms with van der Waals surface area (Å²) in [5.41, 5.74) is 1.99. The van der Waals surface area contributed by atoms with Gasteiger partial charge < -0.3 is 5.32 Å². The molecule has 0 bridgehead atoms. The Morgan fingerprint density at radius 3 is 3.05 bits per heavy atom. The fourth-order valence-corrected chi connectivity index (χ4v) is 3.51. The van der Waals surface area contributed by atoms with Crippen molar-refractivity contribution in [3.8, 4) is 0 Å². The van der Waals surface area contributed by atoms with Gasteiger partial charge in [0.25, 0.3) is 0 Å². The number of benzene rings is 1. The smallest absolute Gasteiger partial charge is 0.126 e. The van der Waals surface area contributed by atoms with Gasteiger partial charge in [-0.05, 0) is 43.9 Å². The van der Waals surface area contributed by atoms with E-state index in [1.54, 1.807) is 23.5 Å². The molecule has 0 fully saturated rings. The van der Waals surface area contributed by atoms with Crippen LogP contribution in [-0.2, 0) is 6.42 Å². The molecule has 1 heterocycles. The summed E-state index contributed by atoms with van der Waals surface area (Å²) in [7, 11) is 0. The Labute approximate surface area is 116 Å². The average Bonchev–Trinajstić information content (AvgIpc) is 2.98. The highest BCUT2D eigenvalue weighted by Crippen LogP contribution is 2.34.